The molecule has 0 spiro atoms. The van der Waals surface area contributed by atoms with Gasteiger partial charge in [-0.25, -0.2) is 13.1 Å². The molecule has 8 heteroatoms. The lowest BCUT2D eigenvalue weighted by molar-refractivity contribution is 0.0941. The van der Waals surface area contributed by atoms with E-state index in [1.165, 1.54) is 7.05 Å². The summed E-state index contributed by atoms with van der Waals surface area (Å²) in [5.41, 5.74) is 1.67. The molecule has 2 aromatic rings. The molecule has 0 aliphatic heterocycles. The number of carbonyl (C=O) groups excluding carboxylic acids is 1. The number of hydrogen-bond donors (Lipinski definition) is 2. The second-order valence-corrected chi connectivity index (χ2v) is 6.72. The molecule has 118 valence electrons. The van der Waals surface area contributed by atoms with Gasteiger partial charge in [0, 0.05) is 12.6 Å². The summed E-state index contributed by atoms with van der Waals surface area (Å²) in [5, 5.41) is 6.34. The molecule has 22 heavy (non-hydrogen) atoms. The van der Waals surface area contributed by atoms with E-state index < -0.39 is 10.0 Å². The SMILES string of the molecule is CNS(=O)(=O)Cc1cccc(CNC(=O)c2cc(C)on2)c1. The van der Waals surface area contributed by atoms with Crippen LogP contribution >= 0.6 is 0 Å². The Morgan fingerprint density at radius 2 is 2.00 bits per heavy atom. The van der Waals surface area contributed by atoms with Crippen LogP contribution in [0.1, 0.15) is 27.4 Å². The van der Waals surface area contributed by atoms with E-state index in [1.54, 1.807) is 31.2 Å². The van der Waals surface area contributed by atoms with Gasteiger partial charge in [0.25, 0.3) is 5.91 Å². The van der Waals surface area contributed by atoms with Crippen molar-refractivity contribution in [2.45, 2.75) is 19.2 Å². The number of amides is 1. The van der Waals surface area contributed by atoms with Crippen LogP contribution in [0.25, 0.3) is 0 Å². The van der Waals surface area contributed by atoms with E-state index in [-0.39, 0.29) is 23.9 Å². The second kappa shape index (κ2) is 6.71. The average Bonchev–Trinajstić information content (AvgIpc) is 2.91. The van der Waals surface area contributed by atoms with Crippen LogP contribution < -0.4 is 10.0 Å². The number of sulfonamides is 1. The van der Waals surface area contributed by atoms with Crippen LogP contribution in [0, 0.1) is 6.92 Å². The molecule has 1 amide bonds. The van der Waals surface area contributed by atoms with Gasteiger partial charge in [0.05, 0.1) is 5.75 Å². The van der Waals surface area contributed by atoms with Gasteiger partial charge in [-0.3, -0.25) is 4.79 Å². The second-order valence-electron chi connectivity index (χ2n) is 4.79. The summed E-state index contributed by atoms with van der Waals surface area (Å²) >= 11 is 0. The molecule has 0 bridgehead atoms. The molecule has 2 rings (SSSR count). The van der Waals surface area contributed by atoms with Crippen molar-refractivity contribution < 1.29 is 17.7 Å². The number of rotatable bonds is 6. The molecule has 1 aromatic carbocycles. The molecule has 1 aromatic heterocycles. The monoisotopic (exact) mass is 323 g/mol. The highest BCUT2D eigenvalue weighted by molar-refractivity contribution is 7.88. The highest BCUT2D eigenvalue weighted by atomic mass is 32.2. The standard InChI is InChI=1S/C14H17N3O4S/c1-10-6-13(17-21-10)14(18)16-8-11-4-3-5-12(7-11)9-22(19,20)15-2/h3-7,15H,8-9H2,1-2H3,(H,16,18). The Bertz CT molecular complexity index is 768. The Labute approximate surface area is 128 Å². The van der Waals surface area contributed by atoms with Crippen molar-refractivity contribution in [3.05, 3.63) is 52.9 Å². The zero-order valence-electron chi connectivity index (χ0n) is 12.3. The predicted octanol–water partition coefficient (Wildman–Crippen LogP) is 0.962. The number of hydrogen-bond acceptors (Lipinski definition) is 5. The fourth-order valence-electron chi connectivity index (χ4n) is 1.87. The zero-order valence-corrected chi connectivity index (χ0v) is 13.1. The molecule has 0 radical (unpaired) electrons. The molecule has 0 aliphatic rings. The van der Waals surface area contributed by atoms with Gasteiger partial charge in [0.1, 0.15) is 5.76 Å². The number of aromatic nitrogens is 1. The van der Waals surface area contributed by atoms with Crippen LogP contribution in [0.3, 0.4) is 0 Å². The van der Waals surface area contributed by atoms with Crippen molar-refractivity contribution >= 4 is 15.9 Å². The van der Waals surface area contributed by atoms with Gasteiger partial charge < -0.3 is 9.84 Å². The zero-order chi connectivity index (χ0) is 16.2. The smallest absolute Gasteiger partial charge is 0.273 e. The van der Waals surface area contributed by atoms with E-state index in [1.807, 2.05) is 6.07 Å². The first-order valence-corrected chi connectivity index (χ1v) is 8.25. The third kappa shape index (κ3) is 4.40. The van der Waals surface area contributed by atoms with E-state index in [4.69, 9.17) is 4.52 Å². The minimum absolute atomic E-state index is 0.103. The average molecular weight is 323 g/mol. The molecular formula is C14H17N3O4S. The minimum Gasteiger partial charge on any atom is -0.361 e. The quantitative estimate of drug-likeness (QED) is 0.824. The van der Waals surface area contributed by atoms with Gasteiger partial charge in [0.15, 0.2) is 5.69 Å². The first-order chi connectivity index (χ1) is 10.4. The lowest BCUT2D eigenvalue weighted by atomic mass is 10.1. The fraction of sp³-hybridized carbons (Fsp3) is 0.286. The summed E-state index contributed by atoms with van der Waals surface area (Å²) in [7, 11) is -1.95. The molecule has 2 N–H and O–H groups in total. The lowest BCUT2D eigenvalue weighted by Crippen LogP contribution is -2.23. The Balaban J connectivity index is 2.00. The predicted molar refractivity (Wildman–Crippen MR) is 80.5 cm³/mol. The molecule has 0 saturated carbocycles. The molecule has 0 aliphatic carbocycles. The number of nitrogens with zero attached hydrogens (tertiary/aromatic N) is 1. The van der Waals surface area contributed by atoms with Gasteiger partial charge in [-0.05, 0) is 25.1 Å². The number of carbonyl (C=O) groups is 1. The Hall–Kier alpha value is -2.19. The fourth-order valence-corrected chi connectivity index (χ4v) is 2.63. The van der Waals surface area contributed by atoms with Crippen molar-refractivity contribution in [2.24, 2.45) is 0 Å². The summed E-state index contributed by atoms with van der Waals surface area (Å²) in [6, 6.07) is 8.57. The summed E-state index contributed by atoms with van der Waals surface area (Å²) < 4.78 is 30.2. The maximum absolute atomic E-state index is 11.9. The van der Waals surface area contributed by atoms with Crippen LogP contribution in [-0.4, -0.2) is 26.5 Å². The minimum atomic E-state index is -3.32. The largest absolute Gasteiger partial charge is 0.361 e. The van der Waals surface area contributed by atoms with Crippen molar-refractivity contribution in [3.8, 4) is 0 Å². The molecule has 0 unspecified atom stereocenters. The van der Waals surface area contributed by atoms with Gasteiger partial charge in [0.2, 0.25) is 10.0 Å². The Kier molecular flexibility index (Phi) is 4.94. The molecule has 0 saturated heterocycles. The van der Waals surface area contributed by atoms with Crippen LogP contribution in [0.4, 0.5) is 0 Å². The maximum Gasteiger partial charge on any atom is 0.273 e. The first-order valence-electron chi connectivity index (χ1n) is 6.60. The maximum atomic E-state index is 11.9. The summed E-state index contributed by atoms with van der Waals surface area (Å²) in [4.78, 5) is 11.9. The van der Waals surface area contributed by atoms with E-state index in [2.05, 4.69) is 15.2 Å². The molecule has 1 heterocycles. The van der Waals surface area contributed by atoms with Gasteiger partial charge in [-0.1, -0.05) is 29.4 Å². The van der Waals surface area contributed by atoms with Crippen molar-refractivity contribution in [3.63, 3.8) is 0 Å². The van der Waals surface area contributed by atoms with Crippen LogP contribution in [0.5, 0.6) is 0 Å². The van der Waals surface area contributed by atoms with E-state index >= 15 is 0 Å². The lowest BCUT2D eigenvalue weighted by Gasteiger charge is -2.07. The normalized spacial score (nSPS) is 11.4. The Morgan fingerprint density at radius 1 is 1.27 bits per heavy atom. The van der Waals surface area contributed by atoms with Crippen LogP contribution in [0.15, 0.2) is 34.9 Å². The van der Waals surface area contributed by atoms with Crippen molar-refractivity contribution in [1.29, 1.82) is 0 Å². The van der Waals surface area contributed by atoms with Gasteiger partial charge in [-0.15, -0.1) is 0 Å². The molecule has 0 atom stereocenters. The third-order valence-electron chi connectivity index (χ3n) is 2.97. The van der Waals surface area contributed by atoms with E-state index in [0.717, 1.165) is 5.56 Å². The van der Waals surface area contributed by atoms with Crippen molar-refractivity contribution in [1.82, 2.24) is 15.2 Å². The van der Waals surface area contributed by atoms with E-state index in [9.17, 15) is 13.2 Å². The van der Waals surface area contributed by atoms with Crippen molar-refractivity contribution in [2.75, 3.05) is 7.05 Å². The van der Waals surface area contributed by atoms with E-state index in [0.29, 0.717) is 11.3 Å². The molecule has 0 fully saturated rings. The number of nitrogens with one attached hydrogen (secondary N) is 2. The van der Waals surface area contributed by atoms with Gasteiger partial charge in [-0.2, -0.15) is 0 Å². The highest BCUT2D eigenvalue weighted by Gasteiger charge is 2.11. The van der Waals surface area contributed by atoms with Gasteiger partial charge >= 0.3 is 0 Å². The number of benzene rings is 1. The molecule has 7 nitrogen and oxygen atoms in total. The Morgan fingerprint density at radius 3 is 2.64 bits per heavy atom. The first kappa shape index (κ1) is 16.2. The molecular weight excluding hydrogens is 306 g/mol. The highest BCUT2D eigenvalue weighted by Crippen LogP contribution is 2.09. The summed E-state index contributed by atoms with van der Waals surface area (Å²) in [6.07, 6.45) is 0. The summed E-state index contributed by atoms with van der Waals surface area (Å²) in [5.74, 6) is 0.114. The van der Waals surface area contributed by atoms with Crippen LogP contribution in [0.2, 0.25) is 0 Å². The third-order valence-corrected chi connectivity index (χ3v) is 4.31. The number of aryl methyl sites for hydroxylation is 1. The summed E-state index contributed by atoms with van der Waals surface area (Å²) in [6.45, 7) is 1.98. The topological polar surface area (TPSA) is 101 Å². The van der Waals surface area contributed by atoms with Crippen LogP contribution in [-0.2, 0) is 22.3 Å².